The van der Waals surface area contributed by atoms with Crippen LogP contribution < -0.4 is 19.1 Å². The number of ether oxygens (including phenoxy) is 2. The standard InChI is InChI=1S/C20H24N2O5S/c1-4-28(24,25)22-13-19(27-18-8-6-5-7-17(18)22)20(23)21-15-9-11-16(12-10-15)26-14(2)3/h5-12,14,19H,4,13H2,1-3H3,(H,21,23)/t19-/m1/s1. The van der Waals surface area contributed by atoms with Crippen molar-refractivity contribution in [3.8, 4) is 11.5 Å². The lowest BCUT2D eigenvalue weighted by molar-refractivity contribution is -0.122. The van der Waals surface area contributed by atoms with Crippen LogP contribution in [0.1, 0.15) is 20.8 Å². The Morgan fingerprint density at radius 1 is 1.21 bits per heavy atom. The molecule has 0 fully saturated rings. The first kappa shape index (κ1) is 20.0. The molecule has 1 aliphatic heterocycles. The molecule has 3 rings (SSSR count). The number of carbonyl (C=O) groups excluding carboxylic acids is 1. The molecule has 8 heteroatoms. The Hall–Kier alpha value is -2.74. The van der Waals surface area contributed by atoms with Crippen LogP contribution in [0.2, 0.25) is 0 Å². The third-order valence-electron chi connectivity index (χ3n) is 4.22. The average Bonchev–Trinajstić information content (AvgIpc) is 2.68. The Balaban J connectivity index is 1.77. The van der Waals surface area contributed by atoms with Crippen LogP contribution in [-0.2, 0) is 14.8 Å². The molecule has 28 heavy (non-hydrogen) atoms. The summed E-state index contributed by atoms with van der Waals surface area (Å²) < 4.78 is 37.6. The monoisotopic (exact) mass is 404 g/mol. The molecule has 1 heterocycles. The summed E-state index contributed by atoms with van der Waals surface area (Å²) in [5.74, 6) is 0.596. The van der Waals surface area contributed by atoms with Gasteiger partial charge >= 0.3 is 0 Å². The van der Waals surface area contributed by atoms with Gasteiger partial charge < -0.3 is 14.8 Å². The summed E-state index contributed by atoms with van der Waals surface area (Å²) in [6, 6.07) is 13.8. The van der Waals surface area contributed by atoms with E-state index in [9.17, 15) is 13.2 Å². The van der Waals surface area contributed by atoms with E-state index < -0.39 is 22.0 Å². The Morgan fingerprint density at radius 2 is 1.89 bits per heavy atom. The maximum atomic E-state index is 12.7. The van der Waals surface area contributed by atoms with Gasteiger partial charge in [-0.1, -0.05) is 12.1 Å². The van der Waals surface area contributed by atoms with Crippen molar-refractivity contribution >= 4 is 27.3 Å². The molecule has 0 aliphatic carbocycles. The minimum absolute atomic E-state index is 0.0580. The molecule has 1 amide bonds. The number of nitrogens with zero attached hydrogens (tertiary/aromatic N) is 1. The fourth-order valence-electron chi connectivity index (χ4n) is 2.87. The average molecular weight is 404 g/mol. The van der Waals surface area contributed by atoms with Gasteiger partial charge in [0.2, 0.25) is 10.0 Å². The molecule has 1 N–H and O–H groups in total. The van der Waals surface area contributed by atoms with Crippen LogP contribution in [0.4, 0.5) is 11.4 Å². The molecule has 0 radical (unpaired) electrons. The Bertz CT molecular complexity index is 941. The third kappa shape index (κ3) is 4.39. The highest BCUT2D eigenvalue weighted by molar-refractivity contribution is 7.92. The van der Waals surface area contributed by atoms with Gasteiger partial charge in [-0.15, -0.1) is 0 Å². The molecular weight excluding hydrogens is 380 g/mol. The second kappa shape index (κ2) is 8.10. The van der Waals surface area contributed by atoms with Crippen molar-refractivity contribution in [2.24, 2.45) is 0 Å². The van der Waals surface area contributed by atoms with Gasteiger partial charge in [0.15, 0.2) is 6.10 Å². The highest BCUT2D eigenvalue weighted by Gasteiger charge is 2.35. The number of hydrogen-bond donors (Lipinski definition) is 1. The number of carbonyl (C=O) groups is 1. The normalized spacial score (nSPS) is 16.3. The van der Waals surface area contributed by atoms with Crippen LogP contribution in [0.15, 0.2) is 48.5 Å². The van der Waals surface area contributed by atoms with Gasteiger partial charge in [-0.2, -0.15) is 0 Å². The van der Waals surface area contributed by atoms with E-state index in [0.29, 0.717) is 22.9 Å². The number of anilines is 2. The van der Waals surface area contributed by atoms with Gasteiger partial charge in [-0.05, 0) is 57.2 Å². The van der Waals surface area contributed by atoms with Gasteiger partial charge in [0.1, 0.15) is 11.5 Å². The summed E-state index contributed by atoms with van der Waals surface area (Å²) >= 11 is 0. The van der Waals surface area contributed by atoms with Crippen molar-refractivity contribution in [1.29, 1.82) is 0 Å². The van der Waals surface area contributed by atoms with Gasteiger partial charge in [0.25, 0.3) is 5.91 Å². The topological polar surface area (TPSA) is 84.9 Å². The first-order valence-electron chi connectivity index (χ1n) is 9.14. The van der Waals surface area contributed by atoms with Crippen molar-refractivity contribution < 1.29 is 22.7 Å². The van der Waals surface area contributed by atoms with E-state index in [1.54, 1.807) is 55.5 Å². The molecule has 0 saturated heterocycles. The quantitative estimate of drug-likeness (QED) is 0.800. The van der Waals surface area contributed by atoms with Crippen molar-refractivity contribution in [3.05, 3.63) is 48.5 Å². The van der Waals surface area contributed by atoms with Crippen LogP contribution in [0.5, 0.6) is 11.5 Å². The molecule has 0 spiro atoms. The van der Waals surface area contributed by atoms with Crippen LogP contribution in [0.3, 0.4) is 0 Å². The third-order valence-corrected chi connectivity index (χ3v) is 5.97. The molecule has 1 aliphatic rings. The van der Waals surface area contributed by atoms with E-state index >= 15 is 0 Å². The predicted molar refractivity (Wildman–Crippen MR) is 109 cm³/mol. The minimum atomic E-state index is -3.53. The maximum absolute atomic E-state index is 12.7. The molecule has 0 saturated carbocycles. The molecule has 0 aromatic heterocycles. The van der Waals surface area contributed by atoms with Gasteiger partial charge in [-0.3, -0.25) is 9.10 Å². The number of nitrogens with one attached hydrogen (secondary N) is 1. The van der Waals surface area contributed by atoms with E-state index in [2.05, 4.69) is 5.32 Å². The van der Waals surface area contributed by atoms with Crippen molar-refractivity contribution in [2.45, 2.75) is 33.0 Å². The summed E-state index contributed by atoms with van der Waals surface area (Å²) in [5.41, 5.74) is 1.03. The van der Waals surface area contributed by atoms with Crippen molar-refractivity contribution in [3.63, 3.8) is 0 Å². The fourth-order valence-corrected chi connectivity index (χ4v) is 3.99. The minimum Gasteiger partial charge on any atom is -0.491 e. The summed E-state index contributed by atoms with van der Waals surface area (Å²) in [6.45, 7) is 5.37. The van der Waals surface area contributed by atoms with E-state index in [1.165, 1.54) is 4.31 Å². The molecule has 150 valence electrons. The van der Waals surface area contributed by atoms with Crippen LogP contribution >= 0.6 is 0 Å². The lowest BCUT2D eigenvalue weighted by atomic mass is 10.2. The summed E-state index contributed by atoms with van der Waals surface area (Å²) in [5, 5.41) is 2.77. The van der Waals surface area contributed by atoms with Crippen LogP contribution in [0.25, 0.3) is 0 Å². The van der Waals surface area contributed by atoms with E-state index in [0.717, 1.165) is 0 Å². The van der Waals surface area contributed by atoms with Gasteiger partial charge in [0, 0.05) is 5.69 Å². The highest BCUT2D eigenvalue weighted by atomic mass is 32.2. The fraction of sp³-hybridized carbons (Fsp3) is 0.350. The largest absolute Gasteiger partial charge is 0.491 e. The number of benzene rings is 2. The Morgan fingerprint density at radius 3 is 2.54 bits per heavy atom. The second-order valence-electron chi connectivity index (χ2n) is 6.69. The van der Waals surface area contributed by atoms with Crippen LogP contribution in [-0.4, -0.2) is 38.8 Å². The molecule has 0 unspecified atom stereocenters. The Kier molecular flexibility index (Phi) is 5.79. The summed E-state index contributed by atoms with van der Waals surface area (Å²) in [7, 11) is -3.53. The zero-order chi connectivity index (χ0) is 20.3. The second-order valence-corrected chi connectivity index (χ2v) is 8.87. The smallest absolute Gasteiger partial charge is 0.267 e. The SMILES string of the molecule is CCS(=O)(=O)N1C[C@H](C(=O)Nc2ccc(OC(C)C)cc2)Oc2ccccc21. The molecule has 0 bridgehead atoms. The number of fused-ring (bicyclic) bond motifs is 1. The predicted octanol–water partition coefficient (Wildman–Crippen LogP) is 3.03. The first-order chi connectivity index (χ1) is 13.3. The van der Waals surface area contributed by atoms with E-state index in [4.69, 9.17) is 9.47 Å². The summed E-state index contributed by atoms with van der Waals surface area (Å²) in [6.07, 6.45) is -0.898. The molecule has 7 nitrogen and oxygen atoms in total. The van der Waals surface area contributed by atoms with Crippen molar-refractivity contribution in [2.75, 3.05) is 21.9 Å². The maximum Gasteiger partial charge on any atom is 0.267 e. The highest BCUT2D eigenvalue weighted by Crippen LogP contribution is 2.35. The number of hydrogen-bond acceptors (Lipinski definition) is 5. The molecular formula is C20H24N2O5S. The molecule has 2 aromatic carbocycles. The van der Waals surface area contributed by atoms with E-state index in [1.807, 2.05) is 13.8 Å². The molecule has 1 atom stereocenters. The zero-order valence-corrected chi connectivity index (χ0v) is 16.9. The number of rotatable bonds is 6. The van der Waals surface area contributed by atoms with Crippen molar-refractivity contribution in [1.82, 2.24) is 0 Å². The number of amides is 1. The van der Waals surface area contributed by atoms with Crippen LogP contribution in [0, 0.1) is 0 Å². The lowest BCUT2D eigenvalue weighted by Gasteiger charge is -2.34. The molecule has 2 aromatic rings. The summed E-state index contributed by atoms with van der Waals surface area (Å²) in [4.78, 5) is 12.7. The number of sulfonamides is 1. The van der Waals surface area contributed by atoms with Gasteiger partial charge in [-0.25, -0.2) is 8.42 Å². The van der Waals surface area contributed by atoms with E-state index in [-0.39, 0.29) is 18.4 Å². The number of para-hydroxylation sites is 2. The Labute approximate surface area is 165 Å². The first-order valence-corrected chi connectivity index (χ1v) is 10.7. The zero-order valence-electron chi connectivity index (χ0n) is 16.1. The van der Waals surface area contributed by atoms with Gasteiger partial charge in [0.05, 0.1) is 24.1 Å². The lowest BCUT2D eigenvalue weighted by Crippen LogP contribution is -2.49.